The molecule has 2 heterocycles. The van der Waals surface area contributed by atoms with Crippen molar-refractivity contribution in [3.63, 3.8) is 0 Å². The van der Waals surface area contributed by atoms with Crippen LogP contribution in [0.3, 0.4) is 0 Å². The molecule has 0 saturated heterocycles. The first kappa shape index (κ1) is 15.3. The van der Waals surface area contributed by atoms with Gasteiger partial charge in [0, 0.05) is 11.6 Å². The summed E-state index contributed by atoms with van der Waals surface area (Å²) in [6.45, 7) is 4.03. The van der Waals surface area contributed by atoms with Crippen molar-refractivity contribution in [1.29, 1.82) is 0 Å². The van der Waals surface area contributed by atoms with Crippen LogP contribution >= 0.6 is 0 Å². The Balaban J connectivity index is 1.59. The van der Waals surface area contributed by atoms with E-state index in [1.807, 2.05) is 55.6 Å². The molecule has 0 fully saturated rings. The molecule has 0 aliphatic rings. The van der Waals surface area contributed by atoms with Gasteiger partial charge in [0.15, 0.2) is 0 Å². The number of ether oxygens (including phenoxy) is 1. The summed E-state index contributed by atoms with van der Waals surface area (Å²) in [5, 5.41) is 9.47. The Morgan fingerprint density at radius 2 is 1.80 bits per heavy atom. The van der Waals surface area contributed by atoms with E-state index in [4.69, 9.17) is 4.74 Å². The average Bonchev–Trinajstić information content (AvgIpc) is 3.13. The minimum Gasteiger partial charge on any atom is -0.484 e. The smallest absolute Gasteiger partial charge is 0.141 e. The summed E-state index contributed by atoms with van der Waals surface area (Å²) >= 11 is 0. The number of benzene rings is 2. The molecule has 0 spiro atoms. The summed E-state index contributed by atoms with van der Waals surface area (Å²) < 4.78 is 7.89. The molecule has 1 atom stereocenters. The maximum atomic E-state index is 6.13. The Hall–Kier alpha value is -3.21. The van der Waals surface area contributed by atoms with Crippen LogP contribution in [0.15, 0.2) is 67.0 Å². The van der Waals surface area contributed by atoms with Gasteiger partial charge >= 0.3 is 0 Å². The Labute approximate surface area is 145 Å². The lowest BCUT2D eigenvalue weighted by atomic mass is 10.2. The first-order chi connectivity index (χ1) is 12.2. The summed E-state index contributed by atoms with van der Waals surface area (Å²) in [6, 6.07) is 18.0. The van der Waals surface area contributed by atoms with E-state index < -0.39 is 0 Å². The number of aryl methyl sites for hydroxylation is 1. The van der Waals surface area contributed by atoms with E-state index in [-0.39, 0.29) is 6.10 Å². The van der Waals surface area contributed by atoms with Gasteiger partial charge in [0.2, 0.25) is 0 Å². The molecule has 0 saturated carbocycles. The van der Waals surface area contributed by atoms with Gasteiger partial charge in [-0.1, -0.05) is 35.0 Å². The van der Waals surface area contributed by atoms with E-state index in [9.17, 15) is 0 Å². The molecule has 5 heteroatoms. The minimum atomic E-state index is -0.218. The molecule has 4 rings (SSSR count). The monoisotopic (exact) mass is 330 g/mol. The van der Waals surface area contributed by atoms with Crippen LogP contribution in [0.25, 0.3) is 16.6 Å². The van der Waals surface area contributed by atoms with Crippen LogP contribution < -0.4 is 4.74 Å². The third kappa shape index (κ3) is 3.08. The molecule has 0 N–H and O–H groups in total. The summed E-state index contributed by atoms with van der Waals surface area (Å²) in [5.41, 5.74) is 3.88. The summed E-state index contributed by atoms with van der Waals surface area (Å²) in [5.74, 6) is 0.794. The third-order valence-corrected chi connectivity index (χ3v) is 4.14. The van der Waals surface area contributed by atoms with E-state index >= 15 is 0 Å². The molecule has 4 aromatic rings. The van der Waals surface area contributed by atoms with Gasteiger partial charge in [-0.3, -0.25) is 4.98 Å². The Kier molecular flexibility index (Phi) is 3.90. The highest BCUT2D eigenvalue weighted by Gasteiger charge is 2.14. The van der Waals surface area contributed by atoms with Crippen LogP contribution in [-0.2, 0) is 0 Å². The highest BCUT2D eigenvalue weighted by atomic mass is 16.5. The van der Waals surface area contributed by atoms with Crippen molar-refractivity contribution in [1.82, 2.24) is 20.0 Å². The molecule has 2 aromatic carbocycles. The topological polar surface area (TPSA) is 52.8 Å². The molecular formula is C20H18N4O. The van der Waals surface area contributed by atoms with Gasteiger partial charge in [0.25, 0.3) is 0 Å². The van der Waals surface area contributed by atoms with Gasteiger partial charge in [0.1, 0.15) is 17.5 Å². The first-order valence-electron chi connectivity index (χ1n) is 8.20. The summed E-state index contributed by atoms with van der Waals surface area (Å²) in [7, 11) is 0. The van der Waals surface area contributed by atoms with Crippen molar-refractivity contribution >= 4 is 10.9 Å². The Morgan fingerprint density at radius 1 is 1.00 bits per heavy atom. The molecule has 2 aromatic heterocycles. The molecule has 0 bridgehead atoms. The molecule has 5 nitrogen and oxygen atoms in total. The van der Waals surface area contributed by atoms with Gasteiger partial charge in [-0.25, -0.2) is 4.68 Å². The van der Waals surface area contributed by atoms with Gasteiger partial charge < -0.3 is 4.74 Å². The Bertz CT molecular complexity index is 1000. The van der Waals surface area contributed by atoms with Crippen LogP contribution in [-0.4, -0.2) is 20.0 Å². The predicted octanol–water partition coefficient (Wildman–Crippen LogP) is 4.26. The lowest BCUT2D eigenvalue weighted by Gasteiger charge is -2.13. The van der Waals surface area contributed by atoms with Crippen LogP contribution in [0, 0.1) is 6.92 Å². The zero-order valence-corrected chi connectivity index (χ0v) is 14.1. The number of para-hydroxylation sites is 1. The minimum absolute atomic E-state index is 0.218. The number of fused-ring (bicyclic) bond motifs is 1. The quantitative estimate of drug-likeness (QED) is 0.561. The van der Waals surface area contributed by atoms with Crippen LogP contribution in [0.4, 0.5) is 0 Å². The molecule has 0 unspecified atom stereocenters. The number of hydrogen-bond donors (Lipinski definition) is 0. The maximum Gasteiger partial charge on any atom is 0.141 e. The molecule has 0 amide bonds. The second-order valence-electron chi connectivity index (χ2n) is 6.01. The van der Waals surface area contributed by atoms with Gasteiger partial charge in [-0.05, 0) is 44.2 Å². The fraction of sp³-hybridized carbons (Fsp3) is 0.150. The summed E-state index contributed by atoms with van der Waals surface area (Å²) in [6.07, 6.45) is 3.44. The van der Waals surface area contributed by atoms with Crippen LogP contribution in [0.2, 0.25) is 0 Å². The second kappa shape index (κ2) is 6.36. The van der Waals surface area contributed by atoms with E-state index in [1.54, 1.807) is 10.9 Å². The third-order valence-electron chi connectivity index (χ3n) is 4.14. The van der Waals surface area contributed by atoms with Crippen LogP contribution in [0.1, 0.15) is 24.3 Å². The summed E-state index contributed by atoms with van der Waals surface area (Å²) in [4.78, 5) is 4.36. The van der Waals surface area contributed by atoms with E-state index in [1.165, 1.54) is 5.56 Å². The molecule has 0 radical (unpaired) electrons. The van der Waals surface area contributed by atoms with Crippen molar-refractivity contribution in [3.05, 3.63) is 78.2 Å². The zero-order chi connectivity index (χ0) is 17.2. The first-order valence-corrected chi connectivity index (χ1v) is 8.20. The predicted molar refractivity (Wildman–Crippen MR) is 96.9 cm³/mol. The SMILES string of the molecule is Cc1ccc(-n2cc([C@@H](C)Oc3ccnc4ccccc34)nn2)cc1. The van der Waals surface area contributed by atoms with E-state index in [2.05, 4.69) is 34.4 Å². The van der Waals surface area contributed by atoms with Crippen molar-refractivity contribution in [2.75, 3.05) is 0 Å². The molecular weight excluding hydrogens is 312 g/mol. The van der Waals surface area contributed by atoms with Gasteiger partial charge in [0.05, 0.1) is 17.4 Å². The number of hydrogen-bond acceptors (Lipinski definition) is 4. The average molecular weight is 330 g/mol. The number of rotatable bonds is 4. The standard InChI is InChI=1S/C20H18N4O/c1-14-7-9-16(10-8-14)24-13-19(22-23-24)15(2)25-20-11-12-21-18-6-4-3-5-17(18)20/h3-13,15H,1-2H3/t15-/m1/s1. The Morgan fingerprint density at radius 3 is 2.64 bits per heavy atom. The van der Waals surface area contributed by atoms with E-state index in [0.717, 1.165) is 28.0 Å². The van der Waals surface area contributed by atoms with Crippen LogP contribution in [0.5, 0.6) is 5.75 Å². The number of nitrogens with zero attached hydrogens (tertiary/aromatic N) is 4. The lowest BCUT2D eigenvalue weighted by molar-refractivity contribution is 0.224. The second-order valence-corrected chi connectivity index (χ2v) is 6.01. The molecule has 0 aliphatic heterocycles. The molecule has 124 valence electrons. The molecule has 0 aliphatic carbocycles. The van der Waals surface area contributed by atoms with Crippen molar-refractivity contribution in [3.8, 4) is 11.4 Å². The highest BCUT2D eigenvalue weighted by Crippen LogP contribution is 2.27. The fourth-order valence-electron chi connectivity index (χ4n) is 2.71. The molecule has 25 heavy (non-hydrogen) atoms. The zero-order valence-electron chi connectivity index (χ0n) is 14.1. The van der Waals surface area contributed by atoms with Crippen molar-refractivity contribution in [2.45, 2.75) is 20.0 Å². The van der Waals surface area contributed by atoms with E-state index in [0.29, 0.717) is 0 Å². The highest BCUT2D eigenvalue weighted by molar-refractivity contribution is 5.84. The lowest BCUT2D eigenvalue weighted by Crippen LogP contribution is -2.04. The van der Waals surface area contributed by atoms with Gasteiger partial charge in [-0.2, -0.15) is 0 Å². The maximum absolute atomic E-state index is 6.13. The fourth-order valence-corrected chi connectivity index (χ4v) is 2.71. The number of pyridine rings is 1. The van der Waals surface area contributed by atoms with Crippen molar-refractivity contribution in [2.24, 2.45) is 0 Å². The largest absolute Gasteiger partial charge is 0.484 e. The normalized spacial score (nSPS) is 12.2. The number of aromatic nitrogens is 4. The van der Waals surface area contributed by atoms with Crippen molar-refractivity contribution < 1.29 is 4.74 Å². The van der Waals surface area contributed by atoms with Gasteiger partial charge in [-0.15, -0.1) is 5.10 Å².